The van der Waals surface area contributed by atoms with Crippen LogP contribution in [0.15, 0.2) is 146 Å². The lowest BCUT2D eigenvalue weighted by Gasteiger charge is -2.46. The molecule has 5 aromatic carbocycles. The first kappa shape index (κ1) is 33.4. The molecule has 1 aliphatic rings. The first-order valence-corrected chi connectivity index (χ1v) is 16.4. The molecule has 1 unspecified atom stereocenters. The van der Waals surface area contributed by atoms with E-state index in [0.29, 0.717) is 32.2 Å². The largest absolute Gasteiger partial charge is 0.495 e. The van der Waals surface area contributed by atoms with Crippen molar-refractivity contribution in [2.24, 2.45) is 0 Å². The van der Waals surface area contributed by atoms with Gasteiger partial charge in [0.2, 0.25) is 0 Å². The average Bonchev–Trinajstić information content (AvgIpc) is 3.15. The second kappa shape index (κ2) is 17.6. The van der Waals surface area contributed by atoms with Crippen molar-refractivity contribution in [2.75, 3.05) is 19.0 Å². The molecule has 0 bridgehead atoms. The summed E-state index contributed by atoms with van der Waals surface area (Å²) in [5.74, 6) is 0.698. The summed E-state index contributed by atoms with van der Waals surface area (Å²) in [5.41, 5.74) is 5.02. The van der Waals surface area contributed by atoms with Crippen molar-refractivity contribution in [1.29, 1.82) is 0 Å². The topological polar surface area (TPSA) is 67.4 Å². The minimum Gasteiger partial charge on any atom is -0.495 e. The van der Waals surface area contributed by atoms with Crippen molar-refractivity contribution in [3.05, 3.63) is 168 Å². The Morgan fingerprint density at radius 2 is 0.938 bits per heavy atom. The summed E-state index contributed by atoms with van der Waals surface area (Å²) in [6, 6.07) is 48.3. The predicted molar refractivity (Wildman–Crippen MR) is 186 cm³/mol. The van der Waals surface area contributed by atoms with Gasteiger partial charge in [-0.3, -0.25) is 0 Å². The van der Waals surface area contributed by atoms with Crippen LogP contribution in [-0.4, -0.2) is 44.4 Å². The van der Waals surface area contributed by atoms with E-state index in [1.165, 1.54) is 0 Å². The summed E-state index contributed by atoms with van der Waals surface area (Å²) < 4.78 is 39.2. The highest BCUT2D eigenvalue weighted by Crippen LogP contribution is 2.33. The van der Waals surface area contributed by atoms with Crippen LogP contribution < -0.4 is 10.1 Å². The molecule has 248 valence electrons. The van der Waals surface area contributed by atoms with Crippen LogP contribution in [-0.2, 0) is 50.1 Å². The van der Waals surface area contributed by atoms with E-state index in [1.807, 2.05) is 97.1 Å². The molecule has 7 heteroatoms. The SMILES string of the molecule is COc1ccccc1NC1O[C@H](COCc2ccccc2)[C@@H](OCc2ccccc2)[C@H](OCc2ccccc2)[C@H]1OCc1ccccc1. The molecule has 0 radical (unpaired) electrons. The van der Waals surface area contributed by atoms with Crippen LogP contribution >= 0.6 is 0 Å². The molecule has 6 rings (SSSR count). The number of methoxy groups -OCH3 is 1. The zero-order chi connectivity index (χ0) is 32.8. The van der Waals surface area contributed by atoms with Gasteiger partial charge in [0.15, 0.2) is 6.23 Å². The van der Waals surface area contributed by atoms with Gasteiger partial charge in [0.25, 0.3) is 0 Å². The highest BCUT2D eigenvalue weighted by Gasteiger charge is 2.48. The standard InChI is InChI=1S/C41H43NO6/c1-43-36-25-15-14-24-35(36)42-41-40(47-29-34-22-12-5-13-23-34)39(46-28-33-20-10-4-11-21-33)38(45-27-32-18-8-3-9-19-32)37(48-41)30-44-26-31-16-6-2-7-17-31/h2-25,37-42H,26-30H2,1H3/t37-,38-,39+,40-,41?/m1/s1. The van der Waals surface area contributed by atoms with Gasteiger partial charge in [-0.15, -0.1) is 0 Å². The van der Waals surface area contributed by atoms with Crippen LogP contribution in [0.1, 0.15) is 22.3 Å². The first-order valence-electron chi connectivity index (χ1n) is 16.4. The van der Waals surface area contributed by atoms with Gasteiger partial charge in [0, 0.05) is 0 Å². The molecule has 0 amide bonds. The highest BCUT2D eigenvalue weighted by atomic mass is 16.6. The molecular weight excluding hydrogens is 602 g/mol. The molecule has 5 aromatic rings. The van der Waals surface area contributed by atoms with Gasteiger partial charge in [0.05, 0.1) is 45.8 Å². The fourth-order valence-corrected chi connectivity index (χ4v) is 5.82. The first-order chi connectivity index (χ1) is 23.8. The van der Waals surface area contributed by atoms with E-state index >= 15 is 0 Å². The van der Waals surface area contributed by atoms with Gasteiger partial charge in [-0.1, -0.05) is 133 Å². The molecule has 0 spiro atoms. The third kappa shape index (κ3) is 9.31. The number of benzene rings is 5. The van der Waals surface area contributed by atoms with Crippen molar-refractivity contribution < 1.29 is 28.4 Å². The van der Waals surface area contributed by atoms with Gasteiger partial charge in [0.1, 0.15) is 30.2 Å². The van der Waals surface area contributed by atoms with E-state index in [9.17, 15) is 0 Å². The Morgan fingerprint density at radius 1 is 0.500 bits per heavy atom. The second-order valence-corrected chi connectivity index (χ2v) is 11.7. The Labute approximate surface area is 283 Å². The van der Waals surface area contributed by atoms with Crippen LogP contribution in [0.4, 0.5) is 5.69 Å². The number of rotatable bonds is 16. The fourth-order valence-electron chi connectivity index (χ4n) is 5.82. The van der Waals surface area contributed by atoms with Crippen molar-refractivity contribution >= 4 is 5.69 Å². The third-order valence-electron chi connectivity index (χ3n) is 8.29. The fraction of sp³-hybridized carbons (Fsp3) is 0.268. The highest BCUT2D eigenvalue weighted by molar-refractivity contribution is 5.56. The van der Waals surface area contributed by atoms with Gasteiger partial charge < -0.3 is 33.7 Å². The van der Waals surface area contributed by atoms with Crippen LogP contribution in [0.2, 0.25) is 0 Å². The average molecular weight is 646 g/mol. The molecule has 0 aliphatic carbocycles. The Kier molecular flexibility index (Phi) is 12.2. The third-order valence-corrected chi connectivity index (χ3v) is 8.29. The normalized spacial score (nSPS) is 20.6. The van der Waals surface area contributed by atoms with Crippen LogP contribution in [0.25, 0.3) is 0 Å². The van der Waals surface area contributed by atoms with Crippen molar-refractivity contribution in [1.82, 2.24) is 0 Å². The molecule has 0 saturated carbocycles. The van der Waals surface area contributed by atoms with Crippen molar-refractivity contribution in [3.8, 4) is 5.75 Å². The summed E-state index contributed by atoms with van der Waals surface area (Å²) in [7, 11) is 1.66. The number of para-hydroxylation sites is 2. The zero-order valence-corrected chi connectivity index (χ0v) is 27.2. The lowest BCUT2D eigenvalue weighted by Crippen LogP contribution is -2.63. The Balaban J connectivity index is 1.33. The minimum atomic E-state index is -0.618. The Hall–Kier alpha value is -4.50. The summed E-state index contributed by atoms with van der Waals surface area (Å²) in [6.07, 6.45) is -2.70. The van der Waals surface area contributed by atoms with Crippen molar-refractivity contribution in [2.45, 2.75) is 57.1 Å². The number of ether oxygens (including phenoxy) is 6. The zero-order valence-electron chi connectivity index (χ0n) is 27.2. The van der Waals surface area contributed by atoms with Gasteiger partial charge in [-0.2, -0.15) is 0 Å². The molecule has 48 heavy (non-hydrogen) atoms. The van der Waals surface area contributed by atoms with Gasteiger partial charge in [-0.05, 0) is 34.4 Å². The molecule has 0 aromatic heterocycles. The maximum Gasteiger partial charge on any atom is 0.157 e. The molecule has 5 atom stereocenters. The lowest BCUT2D eigenvalue weighted by atomic mass is 9.96. The summed E-state index contributed by atoms with van der Waals surface area (Å²) in [4.78, 5) is 0. The molecule has 1 aliphatic heterocycles. The van der Waals surface area contributed by atoms with Crippen LogP contribution in [0.3, 0.4) is 0 Å². The van der Waals surface area contributed by atoms with E-state index in [-0.39, 0.29) is 6.61 Å². The summed E-state index contributed by atoms with van der Waals surface area (Å²) in [5, 5.41) is 3.58. The number of nitrogens with one attached hydrogen (secondary N) is 1. The van der Waals surface area contributed by atoms with Gasteiger partial charge >= 0.3 is 0 Å². The number of hydrogen-bond acceptors (Lipinski definition) is 7. The molecule has 1 fully saturated rings. The van der Waals surface area contributed by atoms with E-state index < -0.39 is 30.6 Å². The van der Waals surface area contributed by atoms with E-state index in [1.54, 1.807) is 7.11 Å². The Morgan fingerprint density at radius 3 is 1.46 bits per heavy atom. The smallest absolute Gasteiger partial charge is 0.157 e. The molecule has 7 nitrogen and oxygen atoms in total. The minimum absolute atomic E-state index is 0.287. The van der Waals surface area contributed by atoms with E-state index in [2.05, 4.69) is 53.8 Å². The molecule has 1 heterocycles. The summed E-state index contributed by atoms with van der Waals surface area (Å²) >= 11 is 0. The van der Waals surface area contributed by atoms with Crippen LogP contribution in [0, 0.1) is 0 Å². The quantitative estimate of drug-likeness (QED) is 0.117. The Bertz CT molecular complexity index is 1620. The number of anilines is 1. The van der Waals surface area contributed by atoms with Gasteiger partial charge in [-0.25, -0.2) is 0 Å². The van der Waals surface area contributed by atoms with Crippen LogP contribution in [0.5, 0.6) is 5.75 Å². The summed E-state index contributed by atoms with van der Waals surface area (Å²) in [6.45, 7) is 1.85. The van der Waals surface area contributed by atoms with E-state index in [0.717, 1.165) is 27.9 Å². The number of hydrogen-bond donors (Lipinski definition) is 1. The molecule has 1 N–H and O–H groups in total. The predicted octanol–water partition coefficient (Wildman–Crippen LogP) is 7.81. The molecular formula is C41H43NO6. The van der Waals surface area contributed by atoms with E-state index in [4.69, 9.17) is 28.4 Å². The van der Waals surface area contributed by atoms with Crippen molar-refractivity contribution in [3.63, 3.8) is 0 Å². The molecule has 1 saturated heterocycles. The lowest BCUT2D eigenvalue weighted by molar-refractivity contribution is -0.267. The maximum absolute atomic E-state index is 6.89. The monoisotopic (exact) mass is 645 g/mol. The maximum atomic E-state index is 6.89. The second-order valence-electron chi connectivity index (χ2n) is 11.7.